The molecule has 1 saturated heterocycles. The van der Waals surface area contributed by atoms with Gasteiger partial charge in [0, 0.05) is 26.6 Å². The number of hydrogen-bond acceptors (Lipinski definition) is 4. The van der Waals surface area contributed by atoms with Gasteiger partial charge in [0.1, 0.15) is 5.82 Å². The summed E-state index contributed by atoms with van der Waals surface area (Å²) < 4.78 is 39.2. The number of hydrogen-bond donors (Lipinski definition) is 0. The summed E-state index contributed by atoms with van der Waals surface area (Å²) in [5.41, 5.74) is 1.18. The Hall–Kier alpha value is -1.77. The van der Waals surface area contributed by atoms with E-state index in [-0.39, 0.29) is 23.4 Å². The highest BCUT2D eigenvalue weighted by Crippen LogP contribution is 2.33. The van der Waals surface area contributed by atoms with Crippen LogP contribution in [0.2, 0.25) is 0 Å². The molecule has 1 atom stereocenters. The number of thiophene rings is 1. The Morgan fingerprint density at radius 3 is 2.70 bits per heavy atom. The predicted molar refractivity (Wildman–Crippen MR) is 103 cm³/mol. The number of nitrogens with zero attached hydrogens (tertiary/aromatic N) is 2. The Kier molecular flexibility index (Phi) is 6.29. The van der Waals surface area contributed by atoms with Gasteiger partial charge in [-0.1, -0.05) is 0 Å². The number of rotatable bonds is 7. The van der Waals surface area contributed by atoms with E-state index >= 15 is 0 Å². The van der Waals surface area contributed by atoms with Crippen LogP contribution in [0.4, 0.5) is 4.39 Å². The molecule has 2 heterocycles. The summed E-state index contributed by atoms with van der Waals surface area (Å²) in [4.78, 5) is 14.6. The standard InChI is InChI=1S/C19H23FN2O3S2/c1-21(27(24,25)17-8-6-16(20)7-9-17)11-3-5-19(23)22-12-2-4-18(22)15-10-13-26-14-15/h6-10,13-14,18H,2-5,11-12H2,1H3. The lowest BCUT2D eigenvalue weighted by molar-refractivity contribution is -0.132. The SMILES string of the molecule is CN(CCCC(=O)N1CCCC1c1ccsc1)S(=O)(=O)c1ccc(F)cc1. The van der Waals surface area contributed by atoms with Gasteiger partial charge in [0.25, 0.3) is 0 Å². The van der Waals surface area contributed by atoms with E-state index in [1.807, 2.05) is 10.3 Å². The summed E-state index contributed by atoms with van der Waals surface area (Å²) in [6, 6.07) is 6.96. The highest BCUT2D eigenvalue weighted by atomic mass is 32.2. The van der Waals surface area contributed by atoms with Crippen LogP contribution in [-0.2, 0) is 14.8 Å². The normalized spacial score (nSPS) is 17.6. The van der Waals surface area contributed by atoms with Crippen molar-refractivity contribution in [2.75, 3.05) is 20.1 Å². The molecular formula is C19H23FN2O3S2. The summed E-state index contributed by atoms with van der Waals surface area (Å²) in [5, 5.41) is 4.10. The van der Waals surface area contributed by atoms with Crippen molar-refractivity contribution in [2.45, 2.75) is 36.6 Å². The summed E-state index contributed by atoms with van der Waals surface area (Å²) in [6.45, 7) is 0.992. The van der Waals surface area contributed by atoms with Crippen LogP contribution in [0, 0.1) is 5.82 Å². The number of carbonyl (C=O) groups is 1. The largest absolute Gasteiger partial charge is 0.336 e. The smallest absolute Gasteiger partial charge is 0.242 e. The van der Waals surface area contributed by atoms with Gasteiger partial charge in [-0.3, -0.25) is 4.79 Å². The maximum Gasteiger partial charge on any atom is 0.242 e. The molecule has 27 heavy (non-hydrogen) atoms. The first-order chi connectivity index (χ1) is 12.9. The van der Waals surface area contributed by atoms with E-state index < -0.39 is 15.8 Å². The Morgan fingerprint density at radius 2 is 2.04 bits per heavy atom. The average Bonchev–Trinajstić information content (AvgIpc) is 3.33. The molecule has 1 aliphatic heterocycles. The molecule has 1 aliphatic rings. The van der Waals surface area contributed by atoms with Gasteiger partial charge in [0.2, 0.25) is 15.9 Å². The van der Waals surface area contributed by atoms with Gasteiger partial charge < -0.3 is 4.90 Å². The zero-order valence-electron chi connectivity index (χ0n) is 15.2. The molecule has 0 radical (unpaired) electrons. The third kappa shape index (κ3) is 4.56. The molecule has 1 aromatic carbocycles. The summed E-state index contributed by atoms with van der Waals surface area (Å²) in [5.74, 6) is -0.413. The van der Waals surface area contributed by atoms with Gasteiger partial charge in [-0.05, 0) is 65.9 Å². The van der Waals surface area contributed by atoms with Crippen molar-refractivity contribution in [1.29, 1.82) is 0 Å². The fourth-order valence-corrected chi connectivity index (χ4v) is 5.30. The topological polar surface area (TPSA) is 57.7 Å². The molecule has 0 aliphatic carbocycles. The Morgan fingerprint density at radius 1 is 1.30 bits per heavy atom. The van der Waals surface area contributed by atoms with Crippen molar-refractivity contribution in [3.63, 3.8) is 0 Å². The summed E-state index contributed by atoms with van der Waals surface area (Å²) in [6.07, 6.45) is 2.72. The molecule has 0 bridgehead atoms. The van der Waals surface area contributed by atoms with E-state index in [4.69, 9.17) is 0 Å². The summed E-state index contributed by atoms with van der Waals surface area (Å²) >= 11 is 1.63. The number of likely N-dealkylation sites (tertiary alicyclic amines) is 1. The van der Waals surface area contributed by atoms with Gasteiger partial charge in [-0.2, -0.15) is 11.3 Å². The van der Waals surface area contributed by atoms with Gasteiger partial charge in [0.15, 0.2) is 0 Å². The lowest BCUT2D eigenvalue weighted by atomic mass is 10.1. The molecular weight excluding hydrogens is 387 g/mol. The first-order valence-corrected chi connectivity index (χ1v) is 11.3. The second kappa shape index (κ2) is 8.50. The molecule has 8 heteroatoms. The molecule has 1 aromatic heterocycles. The zero-order valence-corrected chi connectivity index (χ0v) is 16.8. The van der Waals surface area contributed by atoms with Crippen LogP contribution in [0.15, 0.2) is 46.0 Å². The second-order valence-corrected chi connectivity index (χ2v) is 9.51. The molecule has 0 N–H and O–H groups in total. The van der Waals surface area contributed by atoms with Crippen molar-refractivity contribution in [3.05, 3.63) is 52.5 Å². The van der Waals surface area contributed by atoms with Crippen molar-refractivity contribution >= 4 is 27.3 Å². The Balaban J connectivity index is 1.54. The number of benzene rings is 1. The van der Waals surface area contributed by atoms with Crippen LogP contribution in [0.1, 0.15) is 37.3 Å². The van der Waals surface area contributed by atoms with Crippen molar-refractivity contribution < 1.29 is 17.6 Å². The third-order valence-electron chi connectivity index (χ3n) is 4.89. The van der Waals surface area contributed by atoms with E-state index in [0.717, 1.165) is 31.5 Å². The molecule has 3 rings (SSSR count). The van der Waals surface area contributed by atoms with Crippen LogP contribution in [0.25, 0.3) is 0 Å². The molecule has 5 nitrogen and oxygen atoms in total. The fourth-order valence-electron chi connectivity index (χ4n) is 3.38. The quantitative estimate of drug-likeness (QED) is 0.700. The average molecular weight is 411 g/mol. The molecule has 0 saturated carbocycles. The van der Waals surface area contributed by atoms with E-state index in [2.05, 4.69) is 11.4 Å². The van der Waals surface area contributed by atoms with Crippen LogP contribution in [0.3, 0.4) is 0 Å². The van der Waals surface area contributed by atoms with Crippen molar-refractivity contribution in [2.24, 2.45) is 0 Å². The van der Waals surface area contributed by atoms with Gasteiger partial charge in [0.05, 0.1) is 10.9 Å². The fraction of sp³-hybridized carbons (Fsp3) is 0.421. The number of amides is 1. The third-order valence-corrected chi connectivity index (χ3v) is 7.46. The summed E-state index contributed by atoms with van der Waals surface area (Å²) in [7, 11) is -2.20. The maximum atomic E-state index is 13.0. The van der Waals surface area contributed by atoms with Gasteiger partial charge in [-0.25, -0.2) is 17.1 Å². The second-order valence-electron chi connectivity index (χ2n) is 6.69. The maximum absolute atomic E-state index is 13.0. The van der Waals surface area contributed by atoms with Crippen LogP contribution < -0.4 is 0 Å². The molecule has 0 spiro atoms. The zero-order chi connectivity index (χ0) is 19.4. The van der Waals surface area contributed by atoms with E-state index in [1.54, 1.807) is 11.3 Å². The van der Waals surface area contributed by atoms with Gasteiger partial charge >= 0.3 is 0 Å². The number of sulfonamides is 1. The van der Waals surface area contributed by atoms with Gasteiger partial charge in [-0.15, -0.1) is 0 Å². The van der Waals surface area contributed by atoms with E-state index in [1.165, 1.54) is 29.0 Å². The monoisotopic (exact) mass is 410 g/mol. The molecule has 1 amide bonds. The highest BCUT2D eigenvalue weighted by molar-refractivity contribution is 7.89. The highest BCUT2D eigenvalue weighted by Gasteiger charge is 2.30. The molecule has 146 valence electrons. The minimum Gasteiger partial charge on any atom is -0.336 e. The minimum atomic E-state index is -3.68. The Labute approximate surface area is 163 Å². The lowest BCUT2D eigenvalue weighted by Gasteiger charge is -2.25. The van der Waals surface area contributed by atoms with E-state index in [0.29, 0.717) is 12.8 Å². The number of carbonyl (C=O) groups excluding carboxylic acids is 1. The molecule has 1 unspecified atom stereocenters. The van der Waals surface area contributed by atoms with E-state index in [9.17, 15) is 17.6 Å². The first kappa shape index (κ1) is 20.0. The first-order valence-electron chi connectivity index (χ1n) is 8.93. The van der Waals surface area contributed by atoms with Crippen LogP contribution in [0.5, 0.6) is 0 Å². The minimum absolute atomic E-state index is 0.0507. The van der Waals surface area contributed by atoms with Crippen LogP contribution in [-0.4, -0.2) is 43.7 Å². The molecule has 2 aromatic rings. The number of halogens is 1. The molecule has 1 fully saturated rings. The van der Waals surface area contributed by atoms with Crippen molar-refractivity contribution in [3.8, 4) is 0 Å². The predicted octanol–water partition coefficient (Wildman–Crippen LogP) is 3.65. The lowest BCUT2D eigenvalue weighted by Crippen LogP contribution is -2.32. The Bertz CT molecular complexity index is 867. The van der Waals surface area contributed by atoms with Crippen molar-refractivity contribution in [1.82, 2.24) is 9.21 Å². The van der Waals surface area contributed by atoms with Crippen LogP contribution >= 0.6 is 11.3 Å².